The van der Waals surface area contributed by atoms with Gasteiger partial charge in [0.1, 0.15) is 23.1 Å². The molecule has 1 N–H and O–H groups in total. The Labute approximate surface area is 157 Å². The van der Waals surface area contributed by atoms with E-state index in [1.165, 1.54) is 13.2 Å². The maximum atomic E-state index is 12.6. The number of fused-ring (bicyclic) bond motifs is 1. The Hall–Kier alpha value is -3.78. The summed E-state index contributed by atoms with van der Waals surface area (Å²) in [6.45, 7) is 0. The Morgan fingerprint density at radius 2 is 1.81 bits per heavy atom. The highest BCUT2D eigenvalue weighted by molar-refractivity contribution is 6.13. The standard InChI is InChI=1S/C22H18N2O3/c1-26-18-11-10-16(21(13-18)27-2)12-17(14-23)22(25)24-20-9-5-7-15-6-3-4-8-19(15)20/h3-13H,1-2H3,(H,24,25)/b17-12+. The van der Waals surface area contributed by atoms with Crippen molar-refractivity contribution >= 4 is 28.4 Å². The van der Waals surface area contributed by atoms with Gasteiger partial charge in [-0.3, -0.25) is 4.79 Å². The van der Waals surface area contributed by atoms with E-state index < -0.39 is 5.91 Å². The van der Waals surface area contributed by atoms with Crippen molar-refractivity contribution in [3.05, 3.63) is 71.8 Å². The first-order valence-electron chi connectivity index (χ1n) is 8.29. The first-order valence-corrected chi connectivity index (χ1v) is 8.29. The molecule has 27 heavy (non-hydrogen) atoms. The zero-order valence-corrected chi connectivity index (χ0v) is 15.0. The van der Waals surface area contributed by atoms with E-state index in [4.69, 9.17) is 9.47 Å². The summed E-state index contributed by atoms with van der Waals surface area (Å²) in [7, 11) is 3.08. The van der Waals surface area contributed by atoms with E-state index in [0.717, 1.165) is 10.8 Å². The maximum absolute atomic E-state index is 12.6. The van der Waals surface area contributed by atoms with Crippen LogP contribution in [-0.4, -0.2) is 20.1 Å². The number of ether oxygens (including phenoxy) is 2. The lowest BCUT2D eigenvalue weighted by Crippen LogP contribution is -2.13. The molecule has 0 aliphatic heterocycles. The van der Waals surface area contributed by atoms with Gasteiger partial charge < -0.3 is 14.8 Å². The number of carbonyl (C=O) groups excluding carboxylic acids is 1. The highest BCUT2D eigenvalue weighted by Crippen LogP contribution is 2.27. The molecule has 0 spiro atoms. The zero-order valence-electron chi connectivity index (χ0n) is 15.0. The number of benzene rings is 3. The van der Waals surface area contributed by atoms with Crippen LogP contribution < -0.4 is 14.8 Å². The summed E-state index contributed by atoms with van der Waals surface area (Å²) in [5.41, 5.74) is 1.25. The number of hydrogen-bond acceptors (Lipinski definition) is 4. The second-order valence-corrected chi connectivity index (χ2v) is 5.76. The molecule has 0 fully saturated rings. The van der Waals surface area contributed by atoms with E-state index in [0.29, 0.717) is 22.7 Å². The highest BCUT2D eigenvalue weighted by Gasteiger charge is 2.13. The molecular formula is C22H18N2O3. The molecular weight excluding hydrogens is 340 g/mol. The summed E-state index contributed by atoms with van der Waals surface area (Å²) >= 11 is 0. The minimum absolute atomic E-state index is 0.0219. The maximum Gasteiger partial charge on any atom is 0.266 e. The topological polar surface area (TPSA) is 71.3 Å². The molecule has 134 valence electrons. The van der Waals surface area contributed by atoms with E-state index in [2.05, 4.69) is 5.32 Å². The second-order valence-electron chi connectivity index (χ2n) is 5.76. The van der Waals surface area contributed by atoms with Gasteiger partial charge in [-0.1, -0.05) is 36.4 Å². The summed E-state index contributed by atoms with van der Waals surface area (Å²) in [5.74, 6) is 0.662. The lowest BCUT2D eigenvalue weighted by atomic mass is 10.1. The number of carbonyl (C=O) groups is 1. The molecule has 1 amide bonds. The van der Waals surface area contributed by atoms with Gasteiger partial charge in [0.05, 0.1) is 14.2 Å². The molecule has 5 nitrogen and oxygen atoms in total. The lowest BCUT2D eigenvalue weighted by Gasteiger charge is -2.10. The minimum atomic E-state index is -0.480. The molecule has 0 aliphatic rings. The molecule has 0 saturated heterocycles. The molecule has 3 rings (SSSR count). The molecule has 5 heteroatoms. The van der Waals surface area contributed by atoms with Gasteiger partial charge >= 0.3 is 0 Å². The number of hydrogen-bond donors (Lipinski definition) is 1. The molecule has 3 aromatic rings. The van der Waals surface area contributed by atoms with Crippen LogP contribution >= 0.6 is 0 Å². The van der Waals surface area contributed by atoms with E-state index in [1.54, 1.807) is 25.3 Å². The first kappa shape index (κ1) is 18.0. The van der Waals surface area contributed by atoms with E-state index >= 15 is 0 Å². The number of methoxy groups -OCH3 is 2. The fourth-order valence-electron chi connectivity index (χ4n) is 2.77. The average molecular weight is 358 g/mol. The van der Waals surface area contributed by atoms with Crippen LogP contribution in [-0.2, 0) is 4.79 Å². The Kier molecular flexibility index (Phi) is 5.38. The summed E-state index contributed by atoms with van der Waals surface area (Å²) < 4.78 is 10.5. The van der Waals surface area contributed by atoms with Crippen LogP contribution in [0.15, 0.2) is 66.2 Å². The third-order valence-electron chi connectivity index (χ3n) is 4.14. The smallest absolute Gasteiger partial charge is 0.266 e. The third kappa shape index (κ3) is 3.91. The lowest BCUT2D eigenvalue weighted by molar-refractivity contribution is -0.112. The van der Waals surface area contributed by atoms with Crippen LogP contribution in [0.4, 0.5) is 5.69 Å². The van der Waals surface area contributed by atoms with Gasteiger partial charge in [-0.05, 0) is 29.7 Å². The van der Waals surface area contributed by atoms with Crippen molar-refractivity contribution in [3.8, 4) is 17.6 Å². The Morgan fingerprint density at radius 3 is 2.56 bits per heavy atom. The zero-order chi connectivity index (χ0) is 19.2. The molecule has 0 unspecified atom stereocenters. The number of nitrogens with one attached hydrogen (secondary N) is 1. The minimum Gasteiger partial charge on any atom is -0.497 e. The fraction of sp³-hybridized carbons (Fsp3) is 0.0909. The van der Waals surface area contributed by atoms with E-state index in [1.807, 2.05) is 48.5 Å². The van der Waals surface area contributed by atoms with Crippen molar-refractivity contribution in [2.75, 3.05) is 19.5 Å². The van der Waals surface area contributed by atoms with Gasteiger partial charge in [-0.25, -0.2) is 0 Å². The molecule has 0 atom stereocenters. The second kappa shape index (κ2) is 8.07. The van der Waals surface area contributed by atoms with Crippen molar-refractivity contribution in [1.82, 2.24) is 0 Å². The van der Waals surface area contributed by atoms with Gasteiger partial charge in [0.25, 0.3) is 5.91 Å². The van der Waals surface area contributed by atoms with Crippen molar-refractivity contribution in [2.45, 2.75) is 0 Å². The third-order valence-corrected chi connectivity index (χ3v) is 4.14. The molecule has 0 saturated carbocycles. The summed E-state index contributed by atoms with van der Waals surface area (Å²) in [6.07, 6.45) is 1.50. The number of nitrogens with zero attached hydrogens (tertiary/aromatic N) is 1. The van der Waals surface area contributed by atoms with Crippen molar-refractivity contribution in [3.63, 3.8) is 0 Å². The summed E-state index contributed by atoms with van der Waals surface area (Å²) in [4.78, 5) is 12.6. The van der Waals surface area contributed by atoms with Crippen LogP contribution in [0, 0.1) is 11.3 Å². The number of nitriles is 1. The largest absolute Gasteiger partial charge is 0.497 e. The average Bonchev–Trinajstić information content (AvgIpc) is 2.72. The van der Waals surface area contributed by atoms with Gasteiger partial charge in [-0.15, -0.1) is 0 Å². The first-order chi connectivity index (χ1) is 13.2. The monoisotopic (exact) mass is 358 g/mol. The Balaban J connectivity index is 1.93. The van der Waals surface area contributed by atoms with Gasteiger partial charge in [0.2, 0.25) is 0 Å². The van der Waals surface area contributed by atoms with Crippen molar-refractivity contribution < 1.29 is 14.3 Å². The highest BCUT2D eigenvalue weighted by atomic mass is 16.5. The normalized spacial score (nSPS) is 10.9. The Bertz CT molecular complexity index is 1060. The van der Waals surface area contributed by atoms with Gasteiger partial charge in [-0.2, -0.15) is 5.26 Å². The van der Waals surface area contributed by atoms with Crippen LogP contribution in [0.2, 0.25) is 0 Å². The predicted octanol–water partition coefficient (Wildman–Crippen LogP) is 4.40. The quantitative estimate of drug-likeness (QED) is 0.542. The van der Waals surface area contributed by atoms with E-state index in [-0.39, 0.29) is 5.57 Å². The molecule has 0 heterocycles. The molecule has 0 bridgehead atoms. The molecule has 0 aliphatic carbocycles. The van der Waals surface area contributed by atoms with Crippen LogP contribution in [0.3, 0.4) is 0 Å². The SMILES string of the molecule is COc1ccc(/C=C(\C#N)C(=O)Nc2cccc3ccccc23)c(OC)c1. The molecule has 0 radical (unpaired) electrons. The molecule has 0 aromatic heterocycles. The van der Waals surface area contributed by atoms with Crippen LogP contribution in [0.25, 0.3) is 16.8 Å². The van der Waals surface area contributed by atoms with E-state index in [9.17, 15) is 10.1 Å². The van der Waals surface area contributed by atoms with Crippen molar-refractivity contribution in [1.29, 1.82) is 5.26 Å². The number of anilines is 1. The molecule has 3 aromatic carbocycles. The van der Waals surface area contributed by atoms with Crippen LogP contribution in [0.5, 0.6) is 11.5 Å². The fourth-order valence-corrected chi connectivity index (χ4v) is 2.77. The summed E-state index contributed by atoms with van der Waals surface area (Å²) in [6, 6.07) is 20.5. The summed E-state index contributed by atoms with van der Waals surface area (Å²) in [5, 5.41) is 14.2. The number of amides is 1. The predicted molar refractivity (Wildman–Crippen MR) is 106 cm³/mol. The van der Waals surface area contributed by atoms with Gasteiger partial charge in [0, 0.05) is 22.7 Å². The van der Waals surface area contributed by atoms with Gasteiger partial charge in [0.15, 0.2) is 0 Å². The van der Waals surface area contributed by atoms with Crippen molar-refractivity contribution in [2.24, 2.45) is 0 Å². The number of rotatable bonds is 5. The Morgan fingerprint density at radius 1 is 1.04 bits per heavy atom. The van der Waals surface area contributed by atoms with Crippen LogP contribution in [0.1, 0.15) is 5.56 Å².